The van der Waals surface area contributed by atoms with E-state index in [0.29, 0.717) is 49.0 Å². The summed E-state index contributed by atoms with van der Waals surface area (Å²) >= 11 is 0. The molecule has 0 saturated heterocycles. The summed E-state index contributed by atoms with van der Waals surface area (Å²) in [4.78, 5) is 24.4. The number of halogens is 1. The fourth-order valence-electron chi connectivity index (χ4n) is 3.78. The minimum atomic E-state index is -0.913. The number of anilines is 1. The van der Waals surface area contributed by atoms with Gasteiger partial charge in [0, 0.05) is 32.4 Å². The standard InChI is InChI=1S/C22H27FN6O2/c1-12(2)11-25-18(30)4-6-29-17(26-19-20(24)27-22(23)28-21(19)29)10-15-9-16-14(5-7-31-16)8-13(15)3/h8-9,12H,4-7,10-11H2,1-3H3,(H,25,30)(H2,24,27,28). The second-order valence-electron chi connectivity index (χ2n) is 8.34. The van der Waals surface area contributed by atoms with E-state index < -0.39 is 6.08 Å². The predicted molar refractivity (Wildman–Crippen MR) is 115 cm³/mol. The third-order valence-corrected chi connectivity index (χ3v) is 5.44. The maximum Gasteiger partial charge on any atom is 0.312 e. The Bertz CT molecular complexity index is 1140. The number of rotatable bonds is 7. The number of hydrogen-bond acceptors (Lipinski definition) is 6. The predicted octanol–water partition coefficient (Wildman–Crippen LogP) is 2.54. The van der Waals surface area contributed by atoms with Crippen molar-refractivity contribution < 1.29 is 13.9 Å². The van der Waals surface area contributed by atoms with Crippen molar-refractivity contribution in [2.75, 3.05) is 18.9 Å². The molecule has 164 valence electrons. The number of ether oxygens (including phenoxy) is 1. The molecule has 1 aliphatic rings. The molecular weight excluding hydrogens is 399 g/mol. The number of nitrogens with one attached hydrogen (secondary N) is 1. The molecular formula is C22H27FN6O2. The summed E-state index contributed by atoms with van der Waals surface area (Å²) in [5.41, 5.74) is 9.93. The van der Waals surface area contributed by atoms with Crippen LogP contribution in [0, 0.1) is 18.9 Å². The van der Waals surface area contributed by atoms with Gasteiger partial charge >= 0.3 is 6.08 Å². The first-order valence-electron chi connectivity index (χ1n) is 10.5. The highest BCUT2D eigenvalue weighted by atomic mass is 19.1. The molecule has 0 saturated carbocycles. The molecule has 0 spiro atoms. The van der Waals surface area contributed by atoms with Gasteiger partial charge in [0.05, 0.1) is 6.61 Å². The van der Waals surface area contributed by atoms with Gasteiger partial charge in [0.15, 0.2) is 17.0 Å². The second kappa shape index (κ2) is 8.49. The van der Waals surface area contributed by atoms with E-state index in [0.717, 1.165) is 23.3 Å². The van der Waals surface area contributed by atoms with E-state index in [9.17, 15) is 9.18 Å². The van der Waals surface area contributed by atoms with Gasteiger partial charge in [0.1, 0.15) is 11.6 Å². The molecule has 1 aromatic carbocycles. The number of carbonyl (C=O) groups excluding carboxylic acids is 1. The van der Waals surface area contributed by atoms with E-state index in [2.05, 4.69) is 26.3 Å². The normalized spacial score (nSPS) is 12.9. The van der Waals surface area contributed by atoms with Gasteiger partial charge in [-0.15, -0.1) is 0 Å². The highest BCUT2D eigenvalue weighted by molar-refractivity contribution is 5.82. The van der Waals surface area contributed by atoms with E-state index in [-0.39, 0.29) is 18.1 Å². The maximum atomic E-state index is 13.9. The summed E-state index contributed by atoms with van der Waals surface area (Å²) in [5, 5.41) is 2.90. The number of nitrogens with zero attached hydrogens (tertiary/aromatic N) is 4. The Morgan fingerprint density at radius 1 is 1.32 bits per heavy atom. The molecule has 9 heteroatoms. The number of imidazole rings is 1. The molecule has 0 aliphatic carbocycles. The van der Waals surface area contributed by atoms with Gasteiger partial charge in [0.25, 0.3) is 0 Å². The molecule has 0 atom stereocenters. The van der Waals surface area contributed by atoms with Crippen LogP contribution in [0.3, 0.4) is 0 Å². The van der Waals surface area contributed by atoms with Gasteiger partial charge in [-0.3, -0.25) is 4.79 Å². The van der Waals surface area contributed by atoms with Crippen LogP contribution in [0.15, 0.2) is 12.1 Å². The van der Waals surface area contributed by atoms with Gasteiger partial charge in [-0.1, -0.05) is 19.9 Å². The van der Waals surface area contributed by atoms with Crippen molar-refractivity contribution in [1.82, 2.24) is 24.8 Å². The van der Waals surface area contributed by atoms with E-state index in [1.54, 1.807) is 4.57 Å². The number of aryl methyl sites for hydroxylation is 2. The molecule has 0 bridgehead atoms. The molecule has 4 rings (SSSR count). The van der Waals surface area contributed by atoms with Gasteiger partial charge in [-0.25, -0.2) is 4.98 Å². The smallest absolute Gasteiger partial charge is 0.312 e. The number of hydrogen-bond donors (Lipinski definition) is 2. The molecule has 31 heavy (non-hydrogen) atoms. The summed E-state index contributed by atoms with van der Waals surface area (Å²) < 4.78 is 21.4. The minimum absolute atomic E-state index is 0.0132. The largest absolute Gasteiger partial charge is 0.493 e. The Morgan fingerprint density at radius 2 is 2.13 bits per heavy atom. The number of nitrogens with two attached hydrogens (primary N) is 1. The van der Waals surface area contributed by atoms with Crippen LogP contribution >= 0.6 is 0 Å². The summed E-state index contributed by atoms with van der Waals surface area (Å²) in [6.07, 6.45) is 0.701. The van der Waals surface area contributed by atoms with E-state index in [4.69, 9.17) is 10.5 Å². The SMILES string of the molecule is Cc1cc2c(cc1Cc1nc3c(N)nc(F)nc3n1CCC(=O)NCC(C)C)OCC2. The molecule has 3 aromatic rings. The van der Waals surface area contributed by atoms with Crippen molar-refractivity contribution in [3.63, 3.8) is 0 Å². The molecule has 8 nitrogen and oxygen atoms in total. The van der Waals surface area contributed by atoms with Gasteiger partial charge in [-0.05, 0) is 35.6 Å². The molecule has 1 aliphatic heterocycles. The number of amides is 1. The summed E-state index contributed by atoms with van der Waals surface area (Å²) in [6, 6.07) is 4.17. The van der Waals surface area contributed by atoms with E-state index in [1.807, 2.05) is 26.8 Å². The third kappa shape index (κ3) is 4.45. The van der Waals surface area contributed by atoms with Crippen LogP contribution in [0.4, 0.5) is 10.2 Å². The van der Waals surface area contributed by atoms with Crippen LogP contribution in [0.1, 0.15) is 42.8 Å². The van der Waals surface area contributed by atoms with Crippen molar-refractivity contribution in [2.24, 2.45) is 5.92 Å². The fourth-order valence-corrected chi connectivity index (χ4v) is 3.78. The van der Waals surface area contributed by atoms with Crippen molar-refractivity contribution in [2.45, 2.75) is 46.6 Å². The van der Waals surface area contributed by atoms with Crippen molar-refractivity contribution in [3.05, 3.63) is 40.7 Å². The number of carbonyl (C=O) groups is 1. The first kappa shape index (κ1) is 21.0. The Morgan fingerprint density at radius 3 is 2.90 bits per heavy atom. The molecule has 3 N–H and O–H groups in total. The van der Waals surface area contributed by atoms with Crippen LogP contribution in [-0.4, -0.2) is 38.6 Å². The summed E-state index contributed by atoms with van der Waals surface area (Å²) in [7, 11) is 0. The lowest BCUT2D eigenvalue weighted by atomic mass is 10.0. The van der Waals surface area contributed by atoms with Gasteiger partial charge in [-0.2, -0.15) is 14.4 Å². The minimum Gasteiger partial charge on any atom is -0.493 e. The number of fused-ring (bicyclic) bond motifs is 2. The number of nitrogen functional groups attached to an aromatic ring is 1. The lowest BCUT2D eigenvalue weighted by molar-refractivity contribution is -0.121. The van der Waals surface area contributed by atoms with Crippen LogP contribution in [0.2, 0.25) is 0 Å². The highest BCUT2D eigenvalue weighted by Crippen LogP contribution is 2.30. The summed E-state index contributed by atoms with van der Waals surface area (Å²) in [6.45, 7) is 7.72. The zero-order valence-electron chi connectivity index (χ0n) is 18.0. The van der Waals surface area contributed by atoms with Crippen LogP contribution in [0.5, 0.6) is 5.75 Å². The van der Waals surface area contributed by atoms with Gasteiger partial charge < -0.3 is 20.4 Å². The first-order chi connectivity index (χ1) is 14.8. The van der Waals surface area contributed by atoms with Crippen LogP contribution < -0.4 is 15.8 Å². The average molecular weight is 426 g/mol. The van der Waals surface area contributed by atoms with Crippen LogP contribution in [-0.2, 0) is 24.2 Å². The molecule has 0 fully saturated rings. The van der Waals surface area contributed by atoms with Crippen molar-refractivity contribution in [3.8, 4) is 5.75 Å². The monoisotopic (exact) mass is 426 g/mol. The first-order valence-corrected chi connectivity index (χ1v) is 10.5. The topological polar surface area (TPSA) is 108 Å². The third-order valence-electron chi connectivity index (χ3n) is 5.44. The Hall–Kier alpha value is -3.23. The van der Waals surface area contributed by atoms with Crippen LogP contribution in [0.25, 0.3) is 11.2 Å². The molecule has 0 radical (unpaired) electrons. The lowest BCUT2D eigenvalue weighted by Crippen LogP contribution is -2.28. The second-order valence-corrected chi connectivity index (χ2v) is 8.34. The molecule has 0 unspecified atom stereocenters. The maximum absolute atomic E-state index is 13.9. The summed E-state index contributed by atoms with van der Waals surface area (Å²) in [5.74, 6) is 1.81. The fraction of sp³-hybridized carbons (Fsp3) is 0.455. The zero-order valence-corrected chi connectivity index (χ0v) is 18.0. The molecule has 2 aromatic heterocycles. The molecule has 3 heterocycles. The van der Waals surface area contributed by atoms with Crippen molar-refractivity contribution in [1.29, 1.82) is 0 Å². The lowest BCUT2D eigenvalue weighted by Gasteiger charge is -2.12. The quantitative estimate of drug-likeness (QED) is 0.562. The number of aromatic nitrogens is 4. The van der Waals surface area contributed by atoms with Crippen molar-refractivity contribution >= 4 is 22.9 Å². The number of benzene rings is 1. The Kier molecular flexibility index (Phi) is 5.75. The molecule has 1 amide bonds. The Labute approximate surface area is 180 Å². The van der Waals surface area contributed by atoms with Gasteiger partial charge in [0.2, 0.25) is 5.91 Å². The highest BCUT2D eigenvalue weighted by Gasteiger charge is 2.20. The zero-order chi connectivity index (χ0) is 22.1. The average Bonchev–Trinajstić information content (AvgIpc) is 3.29. The van der Waals surface area contributed by atoms with E-state index >= 15 is 0 Å². The Balaban J connectivity index is 1.67. The van der Waals surface area contributed by atoms with E-state index in [1.165, 1.54) is 5.56 Å².